The van der Waals surface area contributed by atoms with Crippen molar-refractivity contribution in [1.29, 1.82) is 0 Å². The Kier molecular flexibility index (Phi) is 5.48. The zero-order chi connectivity index (χ0) is 12.1. The standard InChI is InChI=1S/C13H21BrN2S/c1-11-9-12(17-13(11)14)10-15-5-4-8-16-6-2-3-7-16/h9,15H,2-8,10H2,1H3. The Morgan fingerprint density at radius 1 is 1.41 bits per heavy atom. The summed E-state index contributed by atoms with van der Waals surface area (Å²) in [5, 5.41) is 3.53. The van der Waals surface area contributed by atoms with Crippen molar-refractivity contribution in [2.24, 2.45) is 0 Å². The lowest BCUT2D eigenvalue weighted by molar-refractivity contribution is 0.331. The minimum atomic E-state index is 1.01. The third kappa shape index (κ3) is 4.36. The first-order chi connectivity index (χ1) is 8.25. The van der Waals surface area contributed by atoms with Gasteiger partial charge in [0.05, 0.1) is 3.79 Å². The maximum absolute atomic E-state index is 3.57. The molecule has 0 aromatic carbocycles. The van der Waals surface area contributed by atoms with E-state index >= 15 is 0 Å². The average Bonchev–Trinajstić information content (AvgIpc) is 2.90. The quantitative estimate of drug-likeness (QED) is 0.809. The number of nitrogens with zero attached hydrogens (tertiary/aromatic N) is 1. The lowest BCUT2D eigenvalue weighted by Gasteiger charge is -2.14. The van der Waals surface area contributed by atoms with Crippen LogP contribution in [0.3, 0.4) is 0 Å². The van der Waals surface area contributed by atoms with Crippen molar-refractivity contribution in [1.82, 2.24) is 10.2 Å². The number of thiophene rings is 1. The molecule has 2 nitrogen and oxygen atoms in total. The van der Waals surface area contributed by atoms with Gasteiger partial charge in [0.1, 0.15) is 0 Å². The van der Waals surface area contributed by atoms with Crippen LogP contribution in [-0.2, 0) is 6.54 Å². The van der Waals surface area contributed by atoms with Gasteiger partial charge in [0.25, 0.3) is 0 Å². The minimum Gasteiger partial charge on any atom is -0.312 e. The second-order valence-electron chi connectivity index (χ2n) is 4.75. The van der Waals surface area contributed by atoms with Crippen molar-refractivity contribution in [3.8, 4) is 0 Å². The summed E-state index contributed by atoms with van der Waals surface area (Å²) in [5.41, 5.74) is 1.35. The molecule has 1 N–H and O–H groups in total. The van der Waals surface area contributed by atoms with Gasteiger partial charge in [-0.15, -0.1) is 11.3 Å². The molecule has 2 heterocycles. The molecular weight excluding hydrogens is 296 g/mol. The Balaban J connectivity index is 1.56. The lowest BCUT2D eigenvalue weighted by atomic mass is 10.3. The highest BCUT2D eigenvalue weighted by Crippen LogP contribution is 2.27. The van der Waals surface area contributed by atoms with E-state index in [2.05, 4.69) is 39.1 Å². The first-order valence-corrected chi connectivity index (χ1v) is 8.04. The molecule has 0 aliphatic carbocycles. The van der Waals surface area contributed by atoms with E-state index in [0.717, 1.165) is 13.1 Å². The van der Waals surface area contributed by atoms with Crippen molar-refractivity contribution in [2.75, 3.05) is 26.2 Å². The highest BCUT2D eigenvalue weighted by atomic mass is 79.9. The predicted octanol–water partition coefficient (Wildman–Crippen LogP) is 3.39. The van der Waals surface area contributed by atoms with Crippen LogP contribution in [0.2, 0.25) is 0 Å². The molecule has 0 unspecified atom stereocenters. The molecular formula is C13H21BrN2S. The molecule has 1 fully saturated rings. The summed E-state index contributed by atoms with van der Waals surface area (Å²) in [6.07, 6.45) is 4.07. The molecule has 0 spiro atoms. The Bertz CT molecular complexity index is 326. The SMILES string of the molecule is Cc1cc(CNCCCN2CCCC2)sc1Br. The third-order valence-corrected chi connectivity index (χ3v) is 5.37. The molecule has 1 saturated heterocycles. The number of halogens is 1. The smallest absolute Gasteiger partial charge is 0.0730 e. The van der Waals surface area contributed by atoms with E-state index in [4.69, 9.17) is 0 Å². The van der Waals surface area contributed by atoms with E-state index in [1.807, 2.05) is 11.3 Å². The molecule has 1 aliphatic rings. The zero-order valence-corrected chi connectivity index (χ0v) is 12.9. The van der Waals surface area contributed by atoms with Crippen molar-refractivity contribution in [3.63, 3.8) is 0 Å². The topological polar surface area (TPSA) is 15.3 Å². The van der Waals surface area contributed by atoms with E-state index < -0.39 is 0 Å². The fourth-order valence-electron chi connectivity index (χ4n) is 2.26. The number of hydrogen-bond donors (Lipinski definition) is 1. The predicted molar refractivity (Wildman–Crippen MR) is 78.8 cm³/mol. The number of hydrogen-bond acceptors (Lipinski definition) is 3. The third-order valence-electron chi connectivity index (χ3n) is 3.23. The Morgan fingerprint density at radius 2 is 2.18 bits per heavy atom. The zero-order valence-electron chi connectivity index (χ0n) is 10.5. The maximum Gasteiger partial charge on any atom is 0.0730 e. The fourth-order valence-corrected chi connectivity index (χ4v) is 3.85. The van der Waals surface area contributed by atoms with Crippen LogP contribution in [0, 0.1) is 6.92 Å². The van der Waals surface area contributed by atoms with Gasteiger partial charge in [-0.2, -0.15) is 0 Å². The summed E-state index contributed by atoms with van der Waals surface area (Å²) in [7, 11) is 0. The van der Waals surface area contributed by atoms with E-state index in [-0.39, 0.29) is 0 Å². The molecule has 0 atom stereocenters. The van der Waals surface area contributed by atoms with Gasteiger partial charge in [0.2, 0.25) is 0 Å². The van der Waals surface area contributed by atoms with Crippen molar-refractivity contribution >= 4 is 27.3 Å². The summed E-state index contributed by atoms with van der Waals surface area (Å²) >= 11 is 5.41. The molecule has 0 saturated carbocycles. The van der Waals surface area contributed by atoms with E-state index in [0.29, 0.717) is 0 Å². The van der Waals surface area contributed by atoms with Gasteiger partial charge in [-0.25, -0.2) is 0 Å². The van der Waals surface area contributed by atoms with Crippen molar-refractivity contribution in [3.05, 3.63) is 20.3 Å². The Labute approximate surface area is 117 Å². The molecule has 1 aliphatic heterocycles. The van der Waals surface area contributed by atoms with Crippen LogP contribution in [0.5, 0.6) is 0 Å². The average molecular weight is 317 g/mol. The molecule has 1 aromatic heterocycles. The molecule has 4 heteroatoms. The molecule has 17 heavy (non-hydrogen) atoms. The second kappa shape index (κ2) is 6.88. The van der Waals surface area contributed by atoms with Crippen LogP contribution in [0.1, 0.15) is 29.7 Å². The summed E-state index contributed by atoms with van der Waals surface area (Å²) in [6, 6.07) is 2.27. The molecule has 0 amide bonds. The monoisotopic (exact) mass is 316 g/mol. The number of rotatable bonds is 6. The van der Waals surface area contributed by atoms with Crippen LogP contribution in [-0.4, -0.2) is 31.1 Å². The van der Waals surface area contributed by atoms with Crippen LogP contribution in [0.4, 0.5) is 0 Å². The summed E-state index contributed by atoms with van der Waals surface area (Å²) in [5.74, 6) is 0. The van der Waals surface area contributed by atoms with Crippen LogP contribution >= 0.6 is 27.3 Å². The normalized spacial score (nSPS) is 16.8. The van der Waals surface area contributed by atoms with Gasteiger partial charge < -0.3 is 10.2 Å². The van der Waals surface area contributed by atoms with Crippen molar-refractivity contribution in [2.45, 2.75) is 32.7 Å². The second-order valence-corrected chi connectivity index (χ2v) is 7.20. The van der Waals surface area contributed by atoms with E-state index in [9.17, 15) is 0 Å². The highest BCUT2D eigenvalue weighted by Gasteiger charge is 2.10. The van der Waals surface area contributed by atoms with E-state index in [1.165, 1.54) is 53.1 Å². The van der Waals surface area contributed by atoms with Crippen LogP contribution in [0.15, 0.2) is 9.85 Å². The fraction of sp³-hybridized carbons (Fsp3) is 0.692. The van der Waals surface area contributed by atoms with Crippen LogP contribution < -0.4 is 5.32 Å². The molecule has 2 rings (SSSR count). The number of nitrogens with one attached hydrogen (secondary N) is 1. The molecule has 1 aromatic rings. The van der Waals surface area contributed by atoms with Gasteiger partial charge in [-0.3, -0.25) is 0 Å². The number of likely N-dealkylation sites (tertiary alicyclic amines) is 1. The molecule has 0 radical (unpaired) electrons. The van der Waals surface area contributed by atoms with Crippen LogP contribution in [0.25, 0.3) is 0 Å². The van der Waals surface area contributed by atoms with Gasteiger partial charge >= 0.3 is 0 Å². The molecule has 96 valence electrons. The lowest BCUT2D eigenvalue weighted by Crippen LogP contribution is -2.24. The largest absolute Gasteiger partial charge is 0.312 e. The van der Waals surface area contributed by atoms with E-state index in [1.54, 1.807) is 0 Å². The van der Waals surface area contributed by atoms with Gasteiger partial charge in [0, 0.05) is 11.4 Å². The Hall–Kier alpha value is 0.100. The number of aryl methyl sites for hydroxylation is 1. The molecule has 0 bridgehead atoms. The van der Waals surface area contributed by atoms with Gasteiger partial charge in [-0.1, -0.05) is 0 Å². The van der Waals surface area contributed by atoms with Gasteiger partial charge in [0.15, 0.2) is 0 Å². The van der Waals surface area contributed by atoms with Gasteiger partial charge in [-0.05, 0) is 79.9 Å². The summed E-state index contributed by atoms with van der Waals surface area (Å²) < 4.78 is 1.27. The maximum atomic E-state index is 3.57. The minimum absolute atomic E-state index is 1.01. The Morgan fingerprint density at radius 3 is 2.82 bits per heavy atom. The first-order valence-electron chi connectivity index (χ1n) is 6.43. The highest BCUT2D eigenvalue weighted by molar-refractivity contribution is 9.11. The summed E-state index contributed by atoms with van der Waals surface area (Å²) in [4.78, 5) is 4.00. The summed E-state index contributed by atoms with van der Waals surface area (Å²) in [6.45, 7) is 8.19. The first kappa shape index (κ1) is 13.5. The van der Waals surface area contributed by atoms with Crippen molar-refractivity contribution < 1.29 is 0 Å².